The molecule has 0 aliphatic carbocycles. The summed E-state index contributed by atoms with van der Waals surface area (Å²) in [6.45, 7) is 4.26. The third kappa shape index (κ3) is 5.08. The number of hydrogen-bond acceptors (Lipinski definition) is 5. The number of nitrogens with zero attached hydrogens (tertiary/aromatic N) is 3. The first-order valence-electron chi connectivity index (χ1n) is 8.34. The van der Waals surface area contributed by atoms with E-state index in [9.17, 15) is 18.0 Å². The number of carbonyl (C=O) groups excluding carboxylic acids is 1. The van der Waals surface area contributed by atoms with Gasteiger partial charge in [0.25, 0.3) is 0 Å². The minimum absolute atomic E-state index is 0.0151. The zero-order valence-corrected chi connectivity index (χ0v) is 14.7. The minimum atomic E-state index is -4.49. The Bertz CT molecular complexity index is 684. The van der Waals surface area contributed by atoms with Crippen LogP contribution < -0.4 is 10.6 Å². The largest absolute Gasteiger partial charge is 0.419 e. The molecule has 0 radical (unpaired) electrons. The van der Waals surface area contributed by atoms with Gasteiger partial charge in [0.15, 0.2) is 0 Å². The molecular formula is C17H22F3N5O. The number of nitriles is 1. The van der Waals surface area contributed by atoms with Gasteiger partial charge in [-0.15, -0.1) is 0 Å². The number of anilines is 1. The molecule has 26 heavy (non-hydrogen) atoms. The Kier molecular flexibility index (Phi) is 6.08. The van der Waals surface area contributed by atoms with Gasteiger partial charge in [0, 0.05) is 24.8 Å². The van der Waals surface area contributed by atoms with Crippen molar-refractivity contribution in [3.05, 3.63) is 23.9 Å². The summed E-state index contributed by atoms with van der Waals surface area (Å²) in [5.41, 5.74) is -1.49. The van der Waals surface area contributed by atoms with E-state index in [0.29, 0.717) is 13.0 Å². The van der Waals surface area contributed by atoms with E-state index in [2.05, 4.69) is 21.7 Å². The van der Waals surface area contributed by atoms with Crippen LogP contribution in [0.15, 0.2) is 18.3 Å². The fourth-order valence-electron chi connectivity index (χ4n) is 2.76. The van der Waals surface area contributed by atoms with Gasteiger partial charge in [-0.3, -0.25) is 4.79 Å². The molecule has 0 bridgehead atoms. The summed E-state index contributed by atoms with van der Waals surface area (Å²) in [7, 11) is 0. The Morgan fingerprint density at radius 2 is 2.19 bits per heavy atom. The molecule has 9 heteroatoms. The number of amides is 1. The second-order valence-corrected chi connectivity index (χ2v) is 6.86. The summed E-state index contributed by atoms with van der Waals surface area (Å²) in [5.74, 6) is -0.429. The van der Waals surface area contributed by atoms with Crippen LogP contribution in [-0.2, 0) is 11.0 Å². The number of nitrogens with one attached hydrogen (secondary N) is 2. The van der Waals surface area contributed by atoms with Crippen LogP contribution in [-0.4, -0.2) is 47.0 Å². The maximum absolute atomic E-state index is 13.0. The van der Waals surface area contributed by atoms with Gasteiger partial charge in [-0.2, -0.15) is 18.4 Å². The van der Waals surface area contributed by atoms with Gasteiger partial charge < -0.3 is 15.5 Å². The summed E-state index contributed by atoms with van der Waals surface area (Å²) < 4.78 is 39.0. The normalized spacial score (nSPS) is 17.8. The van der Waals surface area contributed by atoms with Crippen LogP contribution >= 0.6 is 0 Å². The molecule has 0 saturated carbocycles. The van der Waals surface area contributed by atoms with Gasteiger partial charge >= 0.3 is 6.18 Å². The molecule has 2 rings (SSSR count). The molecule has 1 aliphatic heterocycles. The number of alkyl halides is 3. The molecule has 1 fully saturated rings. The van der Waals surface area contributed by atoms with Crippen LogP contribution in [0.3, 0.4) is 0 Å². The zero-order chi connectivity index (χ0) is 19.4. The number of pyridine rings is 1. The average Bonchev–Trinajstić information content (AvgIpc) is 3.06. The number of carbonyl (C=O) groups is 1. The van der Waals surface area contributed by atoms with Crippen LogP contribution in [0.4, 0.5) is 19.0 Å². The van der Waals surface area contributed by atoms with E-state index in [4.69, 9.17) is 5.26 Å². The Balaban J connectivity index is 1.92. The summed E-state index contributed by atoms with van der Waals surface area (Å²) in [5, 5.41) is 14.8. The predicted octanol–water partition coefficient (Wildman–Crippen LogP) is 2.40. The Morgan fingerprint density at radius 1 is 1.46 bits per heavy atom. The Hall–Kier alpha value is -2.34. The van der Waals surface area contributed by atoms with Crippen molar-refractivity contribution in [3.8, 4) is 6.07 Å². The van der Waals surface area contributed by atoms with Gasteiger partial charge in [0.2, 0.25) is 5.91 Å². The zero-order valence-electron chi connectivity index (χ0n) is 14.7. The first kappa shape index (κ1) is 20.0. The van der Waals surface area contributed by atoms with Crippen molar-refractivity contribution in [2.75, 3.05) is 25.0 Å². The number of hydrogen-bond donors (Lipinski definition) is 2. The highest BCUT2D eigenvalue weighted by molar-refractivity contribution is 5.79. The lowest BCUT2D eigenvalue weighted by molar-refractivity contribution is -0.137. The standard InChI is InChI=1S/C17H22F3N5O/c1-16(2,24-10-14(26)25-8-4-5-12(25)9-21)11-23-15-13(17(18,19)20)6-3-7-22-15/h3,6-7,12,24H,4-5,8,10-11H2,1-2H3,(H,22,23)/t12-/m0/s1. The third-order valence-corrected chi connectivity index (χ3v) is 4.25. The van der Waals surface area contributed by atoms with Crippen molar-refractivity contribution in [1.29, 1.82) is 5.26 Å². The van der Waals surface area contributed by atoms with Gasteiger partial charge in [-0.25, -0.2) is 4.98 Å². The van der Waals surface area contributed by atoms with E-state index >= 15 is 0 Å². The lowest BCUT2D eigenvalue weighted by atomic mass is 10.1. The molecule has 0 aromatic carbocycles. The Labute approximate surface area is 150 Å². The van der Waals surface area contributed by atoms with Gasteiger partial charge in [-0.05, 0) is 38.8 Å². The smallest absolute Gasteiger partial charge is 0.368 e. The molecule has 1 aliphatic rings. The van der Waals surface area contributed by atoms with Crippen molar-refractivity contribution >= 4 is 11.7 Å². The predicted molar refractivity (Wildman–Crippen MR) is 90.2 cm³/mol. The van der Waals surface area contributed by atoms with E-state index in [1.807, 2.05) is 0 Å². The molecule has 1 amide bonds. The highest BCUT2D eigenvalue weighted by Crippen LogP contribution is 2.33. The van der Waals surface area contributed by atoms with Crippen LogP contribution in [0, 0.1) is 11.3 Å². The molecule has 6 nitrogen and oxygen atoms in total. The van der Waals surface area contributed by atoms with Gasteiger partial charge in [0.1, 0.15) is 11.9 Å². The second-order valence-electron chi connectivity index (χ2n) is 6.86. The van der Waals surface area contributed by atoms with Crippen LogP contribution in [0.1, 0.15) is 32.3 Å². The molecular weight excluding hydrogens is 347 g/mol. The fraction of sp³-hybridized carbons (Fsp3) is 0.588. The minimum Gasteiger partial charge on any atom is -0.368 e. The molecule has 0 spiro atoms. The van der Waals surface area contributed by atoms with Crippen molar-refractivity contribution < 1.29 is 18.0 Å². The molecule has 1 aromatic rings. The van der Waals surface area contributed by atoms with E-state index in [1.165, 1.54) is 17.2 Å². The Morgan fingerprint density at radius 3 is 2.85 bits per heavy atom. The SMILES string of the molecule is CC(C)(CNc1ncccc1C(F)(F)F)NCC(=O)N1CCC[C@H]1C#N. The van der Waals surface area contributed by atoms with E-state index in [0.717, 1.165) is 12.5 Å². The van der Waals surface area contributed by atoms with Crippen molar-refractivity contribution in [1.82, 2.24) is 15.2 Å². The van der Waals surface area contributed by atoms with Crippen molar-refractivity contribution in [2.45, 2.75) is 44.4 Å². The molecule has 142 valence electrons. The monoisotopic (exact) mass is 369 g/mol. The topological polar surface area (TPSA) is 81.1 Å². The lowest BCUT2D eigenvalue weighted by Gasteiger charge is -2.29. The maximum Gasteiger partial charge on any atom is 0.419 e. The average molecular weight is 369 g/mol. The summed E-state index contributed by atoms with van der Waals surface area (Å²) in [6, 6.07) is 3.92. The van der Waals surface area contributed by atoms with E-state index in [1.54, 1.807) is 13.8 Å². The molecule has 0 unspecified atom stereocenters. The summed E-state index contributed by atoms with van der Waals surface area (Å²) in [6.07, 6.45) is -1.73. The van der Waals surface area contributed by atoms with Crippen LogP contribution in [0.25, 0.3) is 0 Å². The number of halogens is 3. The molecule has 1 aromatic heterocycles. The van der Waals surface area contributed by atoms with E-state index < -0.39 is 23.3 Å². The highest BCUT2D eigenvalue weighted by atomic mass is 19.4. The number of likely N-dealkylation sites (tertiary alicyclic amines) is 1. The highest BCUT2D eigenvalue weighted by Gasteiger charge is 2.34. The molecule has 1 saturated heterocycles. The summed E-state index contributed by atoms with van der Waals surface area (Å²) >= 11 is 0. The van der Waals surface area contributed by atoms with Crippen molar-refractivity contribution in [3.63, 3.8) is 0 Å². The molecule has 2 heterocycles. The van der Waals surface area contributed by atoms with Crippen LogP contribution in [0.5, 0.6) is 0 Å². The quantitative estimate of drug-likeness (QED) is 0.805. The first-order chi connectivity index (χ1) is 12.1. The second kappa shape index (κ2) is 7.91. The van der Waals surface area contributed by atoms with E-state index in [-0.39, 0.29) is 24.8 Å². The van der Waals surface area contributed by atoms with Gasteiger partial charge in [0.05, 0.1) is 18.2 Å². The van der Waals surface area contributed by atoms with Crippen molar-refractivity contribution in [2.24, 2.45) is 0 Å². The number of rotatable bonds is 6. The summed E-state index contributed by atoms with van der Waals surface area (Å²) in [4.78, 5) is 17.5. The molecule has 2 N–H and O–H groups in total. The maximum atomic E-state index is 13.0. The lowest BCUT2D eigenvalue weighted by Crippen LogP contribution is -2.50. The third-order valence-electron chi connectivity index (χ3n) is 4.25. The first-order valence-corrected chi connectivity index (χ1v) is 8.34. The fourth-order valence-corrected chi connectivity index (χ4v) is 2.76. The number of aromatic nitrogens is 1. The van der Waals surface area contributed by atoms with Crippen LogP contribution in [0.2, 0.25) is 0 Å². The molecule has 1 atom stereocenters. The van der Waals surface area contributed by atoms with Gasteiger partial charge in [-0.1, -0.05) is 0 Å².